The van der Waals surface area contributed by atoms with E-state index in [1.165, 1.54) is 30.3 Å². The number of benzene rings is 4. The van der Waals surface area contributed by atoms with Crippen LogP contribution >= 0.6 is 22.7 Å². The lowest BCUT2D eigenvalue weighted by Crippen LogP contribution is -1.91. The van der Waals surface area contributed by atoms with Crippen molar-refractivity contribution in [2.75, 3.05) is 0 Å². The molecule has 0 saturated carbocycles. The Kier molecular flexibility index (Phi) is 3.51. The molecule has 2 heterocycles. The first-order chi connectivity index (χ1) is 14.2. The first-order valence-corrected chi connectivity index (χ1v) is 10.8. The molecule has 0 aliphatic rings. The zero-order valence-corrected chi connectivity index (χ0v) is 16.7. The summed E-state index contributed by atoms with van der Waals surface area (Å²) in [6, 6.07) is 26.0. The summed E-state index contributed by atoms with van der Waals surface area (Å²) in [5.41, 5.74) is 1.73. The lowest BCUT2D eigenvalue weighted by molar-refractivity contribution is -0.384. The molecule has 0 unspecified atom stereocenters. The Balaban J connectivity index is 1.74. The van der Waals surface area contributed by atoms with Gasteiger partial charge in [0.15, 0.2) is 0 Å². The molecule has 138 valence electrons. The molecule has 2 aromatic heterocycles. The van der Waals surface area contributed by atoms with Gasteiger partial charge in [-0.15, -0.1) is 22.7 Å². The van der Waals surface area contributed by atoms with E-state index in [1.807, 2.05) is 35.6 Å². The third-order valence-electron chi connectivity index (χ3n) is 5.40. The molecule has 0 radical (unpaired) electrons. The summed E-state index contributed by atoms with van der Waals surface area (Å²) in [7, 11) is 0. The zero-order valence-electron chi connectivity index (χ0n) is 15.1. The maximum Gasteiger partial charge on any atom is 0.277 e. The normalized spacial score (nSPS) is 11.7. The second-order valence-electron chi connectivity index (χ2n) is 6.98. The summed E-state index contributed by atoms with van der Waals surface area (Å²) in [6.07, 6.45) is 0. The average molecular weight is 412 g/mol. The Morgan fingerprint density at radius 3 is 2.07 bits per heavy atom. The highest BCUT2D eigenvalue weighted by molar-refractivity contribution is 7.33. The third-order valence-corrected chi connectivity index (χ3v) is 8.01. The standard InChI is InChI=1S/C24H13NO2S2/c26-25(27)20-10-3-1-6-14(20)16-8-5-9-17-19-13-12-18-15-7-2-4-11-21(15)28-23(18)24(19)29-22(16)17/h1-13H. The van der Waals surface area contributed by atoms with Crippen molar-refractivity contribution >= 4 is 68.7 Å². The third kappa shape index (κ3) is 2.35. The van der Waals surface area contributed by atoms with E-state index in [9.17, 15) is 10.1 Å². The van der Waals surface area contributed by atoms with Gasteiger partial charge in [0.1, 0.15) is 0 Å². The number of thiophene rings is 2. The molecule has 6 aromatic rings. The van der Waals surface area contributed by atoms with Gasteiger partial charge < -0.3 is 0 Å². The van der Waals surface area contributed by atoms with Crippen LogP contribution in [0.1, 0.15) is 0 Å². The Morgan fingerprint density at radius 1 is 0.586 bits per heavy atom. The fourth-order valence-corrected chi connectivity index (χ4v) is 6.78. The molecule has 0 atom stereocenters. The van der Waals surface area contributed by atoms with Gasteiger partial charge in [0.25, 0.3) is 5.69 Å². The van der Waals surface area contributed by atoms with E-state index in [1.54, 1.807) is 23.5 Å². The van der Waals surface area contributed by atoms with Gasteiger partial charge in [0.05, 0.1) is 19.9 Å². The van der Waals surface area contributed by atoms with Crippen molar-refractivity contribution in [3.63, 3.8) is 0 Å². The molecule has 5 heteroatoms. The van der Waals surface area contributed by atoms with Gasteiger partial charge in [-0.2, -0.15) is 0 Å². The van der Waals surface area contributed by atoms with Crippen LogP contribution in [-0.4, -0.2) is 4.92 Å². The lowest BCUT2D eigenvalue weighted by Gasteiger charge is -2.04. The second kappa shape index (κ2) is 6.11. The number of nitro groups is 1. The summed E-state index contributed by atoms with van der Waals surface area (Å²) < 4.78 is 4.93. The molecular formula is C24H13NO2S2. The Hall–Kier alpha value is -3.28. The van der Waals surface area contributed by atoms with Crippen LogP contribution in [0.3, 0.4) is 0 Å². The van der Waals surface area contributed by atoms with Gasteiger partial charge in [-0.05, 0) is 12.1 Å². The van der Waals surface area contributed by atoms with E-state index >= 15 is 0 Å². The van der Waals surface area contributed by atoms with Crippen molar-refractivity contribution in [3.8, 4) is 11.1 Å². The first-order valence-electron chi connectivity index (χ1n) is 9.21. The highest BCUT2D eigenvalue weighted by atomic mass is 32.1. The Bertz CT molecular complexity index is 1590. The van der Waals surface area contributed by atoms with Crippen molar-refractivity contribution in [2.24, 2.45) is 0 Å². The maximum atomic E-state index is 11.6. The summed E-state index contributed by atoms with van der Waals surface area (Å²) in [5, 5.41) is 16.5. The Morgan fingerprint density at radius 2 is 1.21 bits per heavy atom. The van der Waals surface area contributed by atoms with Crippen LogP contribution in [0.5, 0.6) is 0 Å². The van der Waals surface area contributed by atoms with Crippen LogP contribution in [-0.2, 0) is 0 Å². The van der Waals surface area contributed by atoms with Crippen LogP contribution in [0.25, 0.3) is 51.5 Å². The summed E-state index contributed by atoms with van der Waals surface area (Å²) in [6.45, 7) is 0. The molecule has 0 fully saturated rings. The summed E-state index contributed by atoms with van der Waals surface area (Å²) in [4.78, 5) is 11.3. The van der Waals surface area contributed by atoms with Crippen molar-refractivity contribution in [1.82, 2.24) is 0 Å². The predicted octanol–water partition coefficient (Wildman–Crippen LogP) is 8.00. The second-order valence-corrected chi connectivity index (χ2v) is 9.05. The van der Waals surface area contributed by atoms with E-state index < -0.39 is 0 Å². The lowest BCUT2D eigenvalue weighted by atomic mass is 10.0. The van der Waals surface area contributed by atoms with E-state index in [-0.39, 0.29) is 10.6 Å². The molecule has 6 rings (SSSR count). The molecule has 0 spiro atoms. The molecule has 0 N–H and O–H groups in total. The molecule has 0 saturated heterocycles. The molecule has 3 nitrogen and oxygen atoms in total. The van der Waals surface area contributed by atoms with Crippen LogP contribution in [0, 0.1) is 10.1 Å². The van der Waals surface area contributed by atoms with Crippen molar-refractivity contribution in [3.05, 3.63) is 89.0 Å². The van der Waals surface area contributed by atoms with Gasteiger partial charge in [-0.25, -0.2) is 0 Å². The fraction of sp³-hybridized carbons (Fsp3) is 0. The molecule has 0 bridgehead atoms. The van der Waals surface area contributed by atoms with Crippen LogP contribution in [0.4, 0.5) is 5.69 Å². The SMILES string of the molecule is O=[N+]([O-])c1ccccc1-c1cccc2c1sc1c2ccc2c3ccccc3sc21. The molecule has 29 heavy (non-hydrogen) atoms. The zero-order chi connectivity index (χ0) is 19.5. The monoisotopic (exact) mass is 411 g/mol. The summed E-state index contributed by atoms with van der Waals surface area (Å²) >= 11 is 3.55. The van der Waals surface area contributed by atoms with Gasteiger partial charge in [0, 0.05) is 42.6 Å². The van der Waals surface area contributed by atoms with Crippen LogP contribution in [0.2, 0.25) is 0 Å². The molecule has 4 aromatic carbocycles. The molecule has 0 aliphatic carbocycles. The Labute approximate surface area is 173 Å². The average Bonchev–Trinajstić information content (AvgIpc) is 3.32. The smallest absolute Gasteiger partial charge is 0.258 e. The number of hydrogen-bond acceptors (Lipinski definition) is 4. The van der Waals surface area contributed by atoms with Crippen molar-refractivity contribution in [1.29, 1.82) is 0 Å². The minimum atomic E-state index is -0.300. The van der Waals surface area contributed by atoms with Crippen molar-refractivity contribution < 1.29 is 4.92 Å². The fourth-order valence-electron chi connectivity index (χ4n) is 4.11. The summed E-state index contributed by atoms with van der Waals surface area (Å²) in [5.74, 6) is 0. The van der Waals surface area contributed by atoms with E-state index in [2.05, 4.69) is 42.5 Å². The highest BCUT2D eigenvalue weighted by Gasteiger charge is 2.19. The quantitative estimate of drug-likeness (QED) is 0.214. The van der Waals surface area contributed by atoms with E-state index in [4.69, 9.17) is 0 Å². The van der Waals surface area contributed by atoms with Crippen LogP contribution < -0.4 is 0 Å². The molecular weight excluding hydrogens is 398 g/mol. The number of nitrogens with zero attached hydrogens (tertiary/aromatic N) is 1. The highest BCUT2D eigenvalue weighted by Crippen LogP contribution is 2.47. The topological polar surface area (TPSA) is 43.1 Å². The molecule has 0 aliphatic heterocycles. The van der Waals surface area contributed by atoms with Gasteiger partial charge in [0.2, 0.25) is 0 Å². The largest absolute Gasteiger partial charge is 0.277 e. The number of nitro benzene ring substituents is 1. The number of para-hydroxylation sites is 1. The minimum Gasteiger partial charge on any atom is -0.258 e. The van der Waals surface area contributed by atoms with E-state index in [0.717, 1.165) is 15.6 Å². The minimum absolute atomic E-state index is 0.143. The van der Waals surface area contributed by atoms with Crippen LogP contribution in [0.15, 0.2) is 78.9 Å². The van der Waals surface area contributed by atoms with Gasteiger partial charge in [-0.1, -0.05) is 60.7 Å². The van der Waals surface area contributed by atoms with Gasteiger partial charge in [-0.3, -0.25) is 10.1 Å². The maximum absolute atomic E-state index is 11.6. The van der Waals surface area contributed by atoms with E-state index in [0.29, 0.717) is 5.56 Å². The first kappa shape index (κ1) is 16.7. The number of rotatable bonds is 2. The molecule has 0 amide bonds. The number of fused-ring (bicyclic) bond motifs is 7. The van der Waals surface area contributed by atoms with Crippen molar-refractivity contribution in [2.45, 2.75) is 0 Å². The van der Waals surface area contributed by atoms with Gasteiger partial charge >= 0.3 is 0 Å². The predicted molar refractivity (Wildman–Crippen MR) is 124 cm³/mol. The number of hydrogen-bond donors (Lipinski definition) is 0.